The molecular formula is C20H27IN2OSi. The van der Waals surface area contributed by atoms with Gasteiger partial charge in [-0.15, -0.1) is 13.2 Å². The van der Waals surface area contributed by atoms with Crippen molar-refractivity contribution in [2.75, 3.05) is 18.1 Å². The average molecular weight is 466 g/mol. The Morgan fingerprint density at radius 3 is 1.72 bits per heavy atom. The van der Waals surface area contributed by atoms with Gasteiger partial charge in [-0.3, -0.25) is 0 Å². The van der Waals surface area contributed by atoms with Crippen molar-refractivity contribution in [1.82, 2.24) is 0 Å². The lowest BCUT2D eigenvalue weighted by atomic mass is 10.3. The van der Waals surface area contributed by atoms with Crippen LogP contribution >= 0.6 is 22.6 Å². The molecule has 0 amide bonds. The zero-order chi connectivity index (χ0) is 18.7. The van der Waals surface area contributed by atoms with Crippen LogP contribution < -0.4 is 16.7 Å². The highest BCUT2D eigenvalue weighted by atomic mass is 127. The lowest BCUT2D eigenvalue weighted by molar-refractivity contribution is 0.333. The Kier molecular flexibility index (Phi) is 9.55. The fourth-order valence-corrected chi connectivity index (χ4v) is 6.17. The van der Waals surface area contributed by atoms with Gasteiger partial charge in [0.1, 0.15) is 0 Å². The lowest BCUT2D eigenvalue weighted by Gasteiger charge is -2.29. The van der Waals surface area contributed by atoms with E-state index in [1.54, 1.807) is 0 Å². The molecule has 0 saturated heterocycles. The maximum Gasteiger partial charge on any atom is 0.231 e. The number of nitrogens with two attached hydrogens (primary N) is 2. The summed E-state index contributed by atoms with van der Waals surface area (Å²) in [6, 6.07) is 17.6. The van der Waals surface area contributed by atoms with Crippen LogP contribution in [0.2, 0.25) is 12.1 Å². The third-order valence-corrected chi connectivity index (χ3v) is 8.52. The number of benzene rings is 2. The van der Waals surface area contributed by atoms with Crippen molar-refractivity contribution in [3.63, 3.8) is 0 Å². The molecule has 5 heteroatoms. The summed E-state index contributed by atoms with van der Waals surface area (Å²) in [7, 11) is -1.99. The molecule has 3 nitrogen and oxygen atoms in total. The van der Waals surface area contributed by atoms with E-state index in [1.165, 1.54) is 8.76 Å². The smallest absolute Gasteiger partial charge is 0.231 e. The first-order chi connectivity index (χ1) is 12.0. The average Bonchev–Trinajstić information content (AvgIpc) is 2.59. The van der Waals surface area contributed by atoms with E-state index in [1.807, 2.05) is 55.5 Å². The maximum absolute atomic E-state index is 6.09. The van der Waals surface area contributed by atoms with Crippen LogP contribution in [0.4, 0.5) is 11.4 Å². The van der Waals surface area contributed by atoms with Crippen LogP contribution in [0.5, 0.6) is 0 Å². The number of hydrogen-bond donors (Lipinski definition) is 2. The summed E-state index contributed by atoms with van der Waals surface area (Å²) in [6.45, 7) is 10.5. The number of anilines is 2. The second-order valence-corrected chi connectivity index (χ2v) is 10.5. The van der Waals surface area contributed by atoms with Crippen LogP contribution in [0, 0.1) is 3.57 Å². The molecule has 0 aromatic heterocycles. The minimum Gasteiger partial charge on any atom is -0.412 e. The van der Waals surface area contributed by atoms with E-state index in [0.717, 1.165) is 30.1 Å². The third-order valence-electron chi connectivity index (χ3n) is 3.68. The van der Waals surface area contributed by atoms with Gasteiger partial charge >= 0.3 is 0 Å². The first-order valence-electron chi connectivity index (χ1n) is 8.20. The van der Waals surface area contributed by atoms with Gasteiger partial charge in [0.25, 0.3) is 0 Å². The molecule has 0 spiro atoms. The number of allylic oxidation sites excluding steroid dienone is 2. The van der Waals surface area contributed by atoms with Crippen molar-refractivity contribution in [2.45, 2.75) is 19.0 Å². The SMILES string of the molecule is C=CC[Si](CC=C)(OCC)c1ccc(N)cc1.Nc1ccc(I)cc1. The molecule has 0 bridgehead atoms. The molecule has 0 atom stereocenters. The van der Waals surface area contributed by atoms with Gasteiger partial charge in [0, 0.05) is 21.6 Å². The second-order valence-electron chi connectivity index (χ2n) is 5.59. The molecule has 134 valence electrons. The van der Waals surface area contributed by atoms with E-state index in [-0.39, 0.29) is 0 Å². The largest absolute Gasteiger partial charge is 0.412 e. The Morgan fingerprint density at radius 1 is 0.920 bits per heavy atom. The van der Waals surface area contributed by atoms with Crippen LogP contribution in [-0.2, 0) is 4.43 Å². The van der Waals surface area contributed by atoms with Gasteiger partial charge in [-0.25, -0.2) is 0 Å². The topological polar surface area (TPSA) is 61.3 Å². The molecule has 0 saturated carbocycles. The highest BCUT2D eigenvalue weighted by molar-refractivity contribution is 14.1. The summed E-state index contributed by atoms with van der Waals surface area (Å²) in [5, 5.41) is 1.26. The van der Waals surface area contributed by atoms with Gasteiger partial charge in [-0.05, 0) is 83.2 Å². The molecule has 0 aliphatic rings. The highest BCUT2D eigenvalue weighted by Crippen LogP contribution is 2.19. The quantitative estimate of drug-likeness (QED) is 0.269. The molecule has 0 fully saturated rings. The van der Waals surface area contributed by atoms with Crippen molar-refractivity contribution in [1.29, 1.82) is 0 Å². The van der Waals surface area contributed by atoms with Crippen molar-refractivity contribution >= 4 is 47.5 Å². The zero-order valence-electron chi connectivity index (χ0n) is 14.7. The molecule has 0 heterocycles. The molecule has 0 aliphatic carbocycles. The summed E-state index contributed by atoms with van der Waals surface area (Å²) < 4.78 is 7.31. The normalized spacial score (nSPS) is 10.5. The minimum atomic E-state index is -1.99. The molecule has 2 aromatic rings. The second kappa shape index (κ2) is 11.1. The summed E-state index contributed by atoms with van der Waals surface area (Å²) in [6.07, 6.45) is 3.89. The molecular weight excluding hydrogens is 439 g/mol. The molecule has 0 unspecified atom stereocenters. The van der Waals surface area contributed by atoms with Crippen LogP contribution in [-0.4, -0.2) is 14.9 Å². The molecule has 4 N–H and O–H groups in total. The standard InChI is InChI=1S/C14H21NOSi.C6H6IN/c1-4-11-17(12-5-2,16-6-3)14-9-7-13(15)8-10-14;7-5-1-3-6(8)4-2-5/h4-5,7-10H,1-2,6,11-12,15H2,3H3;1-4H,8H2. The Morgan fingerprint density at radius 2 is 1.36 bits per heavy atom. The summed E-state index contributed by atoms with van der Waals surface area (Å²) in [5.74, 6) is 0. The van der Waals surface area contributed by atoms with Crippen molar-refractivity contribution in [2.24, 2.45) is 0 Å². The third kappa shape index (κ3) is 7.05. The fourth-order valence-electron chi connectivity index (χ4n) is 2.51. The predicted octanol–water partition coefficient (Wildman–Crippen LogP) is 4.70. The zero-order valence-corrected chi connectivity index (χ0v) is 17.9. The van der Waals surface area contributed by atoms with E-state index >= 15 is 0 Å². The molecule has 0 radical (unpaired) electrons. The predicted molar refractivity (Wildman–Crippen MR) is 121 cm³/mol. The van der Waals surface area contributed by atoms with Crippen molar-refractivity contribution in [3.05, 3.63) is 77.4 Å². The Hall–Kier alpha value is -1.57. The molecule has 25 heavy (non-hydrogen) atoms. The first-order valence-corrected chi connectivity index (χ1v) is 11.6. The van der Waals surface area contributed by atoms with E-state index in [4.69, 9.17) is 15.9 Å². The van der Waals surface area contributed by atoms with Crippen molar-refractivity contribution in [3.8, 4) is 0 Å². The number of rotatable bonds is 7. The monoisotopic (exact) mass is 466 g/mol. The van der Waals surface area contributed by atoms with Gasteiger partial charge in [0.2, 0.25) is 8.32 Å². The lowest BCUT2D eigenvalue weighted by Crippen LogP contribution is -2.50. The number of hydrogen-bond acceptors (Lipinski definition) is 3. The van der Waals surface area contributed by atoms with E-state index in [9.17, 15) is 0 Å². The Balaban J connectivity index is 0.000000324. The molecule has 2 rings (SSSR count). The van der Waals surface area contributed by atoms with E-state index in [2.05, 4.69) is 47.9 Å². The minimum absolute atomic E-state index is 0.721. The highest BCUT2D eigenvalue weighted by Gasteiger charge is 2.34. The van der Waals surface area contributed by atoms with Gasteiger partial charge in [0.15, 0.2) is 0 Å². The van der Waals surface area contributed by atoms with Gasteiger partial charge in [-0.2, -0.15) is 0 Å². The number of nitrogen functional groups attached to an aromatic ring is 2. The summed E-state index contributed by atoms with van der Waals surface area (Å²) >= 11 is 2.24. The first kappa shape index (κ1) is 21.5. The van der Waals surface area contributed by atoms with Gasteiger partial charge < -0.3 is 15.9 Å². The van der Waals surface area contributed by atoms with E-state index < -0.39 is 8.32 Å². The molecule has 0 aliphatic heterocycles. The van der Waals surface area contributed by atoms with Crippen LogP contribution in [0.25, 0.3) is 0 Å². The van der Waals surface area contributed by atoms with Crippen LogP contribution in [0.1, 0.15) is 6.92 Å². The van der Waals surface area contributed by atoms with Crippen molar-refractivity contribution < 1.29 is 4.43 Å². The number of halogens is 1. The van der Waals surface area contributed by atoms with Crippen LogP contribution in [0.15, 0.2) is 73.8 Å². The van der Waals surface area contributed by atoms with Gasteiger partial charge in [0.05, 0.1) is 0 Å². The summed E-state index contributed by atoms with van der Waals surface area (Å²) in [4.78, 5) is 0. The molecule has 2 aromatic carbocycles. The summed E-state index contributed by atoms with van der Waals surface area (Å²) in [5.41, 5.74) is 12.8. The fraction of sp³-hybridized carbons (Fsp3) is 0.200. The Bertz CT molecular complexity index is 625. The Labute approximate surface area is 166 Å². The maximum atomic E-state index is 6.09. The van der Waals surface area contributed by atoms with Gasteiger partial charge in [-0.1, -0.05) is 24.3 Å². The van der Waals surface area contributed by atoms with Crippen LogP contribution in [0.3, 0.4) is 0 Å². The van der Waals surface area contributed by atoms with E-state index in [0.29, 0.717) is 0 Å².